The van der Waals surface area contributed by atoms with Gasteiger partial charge in [-0.15, -0.1) is 0 Å². The lowest BCUT2D eigenvalue weighted by Crippen LogP contribution is -2.47. The maximum Gasteiger partial charge on any atom is 0.250 e. The number of hydrogen-bond donors (Lipinski definition) is 1. The Morgan fingerprint density at radius 3 is 2.96 bits per heavy atom. The summed E-state index contributed by atoms with van der Waals surface area (Å²) < 4.78 is 7.50. The second kappa shape index (κ2) is 7.60. The smallest absolute Gasteiger partial charge is 0.250 e. The van der Waals surface area contributed by atoms with Crippen LogP contribution in [0.5, 0.6) is 0 Å². The zero-order chi connectivity index (χ0) is 17.8. The predicted molar refractivity (Wildman–Crippen MR) is 91.2 cm³/mol. The molecule has 0 unspecified atom stereocenters. The van der Waals surface area contributed by atoms with E-state index in [0.29, 0.717) is 26.1 Å². The van der Waals surface area contributed by atoms with Gasteiger partial charge in [0.25, 0.3) is 5.56 Å². The van der Waals surface area contributed by atoms with Crippen molar-refractivity contribution in [1.29, 1.82) is 0 Å². The molecule has 0 radical (unpaired) electrons. The Morgan fingerprint density at radius 2 is 2.24 bits per heavy atom. The fourth-order valence-corrected chi connectivity index (χ4v) is 3.04. The first-order chi connectivity index (χ1) is 12.0. The average molecular weight is 345 g/mol. The molecule has 0 aliphatic carbocycles. The molecule has 1 amide bonds. The van der Waals surface area contributed by atoms with Gasteiger partial charge in [-0.3, -0.25) is 14.3 Å². The van der Waals surface area contributed by atoms with Gasteiger partial charge in [-0.2, -0.15) is 5.10 Å². The molecule has 8 nitrogen and oxygen atoms in total. The fraction of sp³-hybridized carbons (Fsp3) is 0.529. The van der Waals surface area contributed by atoms with Crippen molar-refractivity contribution in [2.24, 2.45) is 0 Å². The zero-order valence-electron chi connectivity index (χ0n) is 14.6. The molecule has 3 rings (SSSR count). The molecule has 1 saturated heterocycles. The van der Waals surface area contributed by atoms with Crippen LogP contribution in [-0.4, -0.2) is 56.4 Å². The zero-order valence-corrected chi connectivity index (χ0v) is 14.6. The molecule has 134 valence electrons. The Morgan fingerprint density at radius 1 is 1.40 bits per heavy atom. The van der Waals surface area contributed by atoms with Crippen LogP contribution >= 0.6 is 0 Å². The van der Waals surface area contributed by atoms with Crippen molar-refractivity contribution in [1.82, 2.24) is 24.6 Å². The van der Waals surface area contributed by atoms with Gasteiger partial charge in [0, 0.05) is 30.5 Å². The van der Waals surface area contributed by atoms with Crippen molar-refractivity contribution in [3.63, 3.8) is 0 Å². The van der Waals surface area contributed by atoms with Crippen LogP contribution in [0.1, 0.15) is 23.5 Å². The van der Waals surface area contributed by atoms with Crippen LogP contribution in [0.3, 0.4) is 0 Å². The van der Waals surface area contributed by atoms with Crippen molar-refractivity contribution < 1.29 is 9.53 Å². The fourth-order valence-electron chi connectivity index (χ4n) is 3.04. The lowest BCUT2D eigenvalue weighted by molar-refractivity contribution is -0.139. The van der Waals surface area contributed by atoms with E-state index in [0.717, 1.165) is 23.5 Å². The molecule has 0 aromatic carbocycles. The summed E-state index contributed by atoms with van der Waals surface area (Å²) in [5.74, 6) is 0.0498. The number of nitrogens with one attached hydrogen (secondary N) is 1. The van der Waals surface area contributed by atoms with Crippen molar-refractivity contribution in [3.8, 4) is 0 Å². The predicted octanol–water partition coefficient (Wildman–Crippen LogP) is 0.443. The summed E-state index contributed by atoms with van der Waals surface area (Å²) in [7, 11) is 0. The van der Waals surface area contributed by atoms with Gasteiger partial charge in [0.05, 0.1) is 24.7 Å². The number of ether oxygens (including phenoxy) is 1. The van der Waals surface area contributed by atoms with Crippen LogP contribution in [0, 0.1) is 13.8 Å². The van der Waals surface area contributed by atoms with Crippen LogP contribution in [-0.2, 0) is 22.5 Å². The second-order valence-corrected chi connectivity index (χ2v) is 6.36. The van der Waals surface area contributed by atoms with Crippen molar-refractivity contribution in [2.75, 3.05) is 19.7 Å². The topological polar surface area (TPSA) is 93.1 Å². The Kier molecular flexibility index (Phi) is 5.28. The van der Waals surface area contributed by atoms with Crippen LogP contribution in [0.4, 0.5) is 0 Å². The number of hydrogen-bond acceptors (Lipinski definition) is 5. The van der Waals surface area contributed by atoms with E-state index in [1.807, 2.05) is 24.8 Å². The largest absolute Gasteiger partial charge is 0.375 e. The van der Waals surface area contributed by atoms with E-state index in [1.54, 1.807) is 4.68 Å². The van der Waals surface area contributed by atoms with Gasteiger partial charge in [-0.1, -0.05) is 0 Å². The molecule has 0 bridgehead atoms. The summed E-state index contributed by atoms with van der Waals surface area (Å²) in [5, 5.41) is 4.35. The molecule has 1 aliphatic heterocycles. The van der Waals surface area contributed by atoms with Gasteiger partial charge in [0.2, 0.25) is 5.91 Å². The van der Waals surface area contributed by atoms with E-state index in [4.69, 9.17) is 4.74 Å². The first-order valence-electron chi connectivity index (χ1n) is 8.45. The number of carbonyl (C=O) groups is 1. The molecule has 8 heteroatoms. The minimum atomic E-state index is -0.156. The van der Waals surface area contributed by atoms with E-state index in [1.165, 1.54) is 12.4 Å². The van der Waals surface area contributed by atoms with Gasteiger partial charge < -0.3 is 14.6 Å². The standard InChI is InChI=1S/C17H23N5O3/c1-12-7-13(2)22(20-12)10-17(24)21-5-6-25-15(9-21)4-3-14-8-16(23)19-11-18-14/h7-8,11,15H,3-6,9-10H2,1-2H3,(H,18,19,23)/t15-/m0/s1. The molecule has 2 aromatic heterocycles. The number of aryl methyl sites for hydroxylation is 3. The van der Waals surface area contributed by atoms with Crippen LogP contribution in [0.2, 0.25) is 0 Å². The van der Waals surface area contributed by atoms with Gasteiger partial charge in [-0.25, -0.2) is 4.98 Å². The highest BCUT2D eigenvalue weighted by molar-refractivity contribution is 5.76. The maximum absolute atomic E-state index is 12.5. The third-order valence-corrected chi connectivity index (χ3v) is 4.34. The molecule has 1 atom stereocenters. The van der Waals surface area contributed by atoms with Crippen LogP contribution < -0.4 is 5.56 Å². The highest BCUT2D eigenvalue weighted by Gasteiger charge is 2.24. The highest BCUT2D eigenvalue weighted by Crippen LogP contribution is 2.12. The summed E-state index contributed by atoms with van der Waals surface area (Å²) in [6.45, 7) is 5.79. The van der Waals surface area contributed by atoms with Gasteiger partial charge in [0.15, 0.2) is 0 Å². The number of H-pyrrole nitrogens is 1. The highest BCUT2D eigenvalue weighted by atomic mass is 16.5. The molecule has 25 heavy (non-hydrogen) atoms. The van der Waals surface area contributed by atoms with E-state index in [2.05, 4.69) is 15.1 Å². The maximum atomic E-state index is 12.5. The summed E-state index contributed by atoms with van der Waals surface area (Å²) >= 11 is 0. The summed E-state index contributed by atoms with van der Waals surface area (Å²) in [5.41, 5.74) is 2.47. The number of rotatable bonds is 5. The third-order valence-electron chi connectivity index (χ3n) is 4.34. The first kappa shape index (κ1) is 17.3. The number of morpholine rings is 1. The average Bonchev–Trinajstić information content (AvgIpc) is 2.90. The molecule has 0 spiro atoms. The number of nitrogens with zero attached hydrogens (tertiary/aromatic N) is 4. The number of amides is 1. The van der Waals surface area contributed by atoms with E-state index < -0.39 is 0 Å². The minimum Gasteiger partial charge on any atom is -0.375 e. The molecule has 1 N–H and O–H groups in total. The van der Waals surface area contributed by atoms with Crippen molar-refractivity contribution >= 4 is 5.91 Å². The summed E-state index contributed by atoms with van der Waals surface area (Å²) in [6.07, 6.45) is 2.73. The van der Waals surface area contributed by atoms with Gasteiger partial charge in [0.1, 0.15) is 6.54 Å². The number of carbonyl (C=O) groups excluding carboxylic acids is 1. The Balaban J connectivity index is 1.54. The SMILES string of the molecule is Cc1cc(C)n(CC(=O)N2CCO[C@@H](CCc3cc(=O)[nH]cn3)C2)n1. The Bertz CT molecular complexity index is 798. The van der Waals surface area contributed by atoms with Gasteiger partial charge in [-0.05, 0) is 32.8 Å². The van der Waals surface area contributed by atoms with E-state index >= 15 is 0 Å². The monoisotopic (exact) mass is 345 g/mol. The molecule has 0 saturated carbocycles. The van der Waals surface area contributed by atoms with Crippen molar-refractivity contribution in [3.05, 3.63) is 45.9 Å². The first-order valence-corrected chi connectivity index (χ1v) is 8.45. The van der Waals surface area contributed by atoms with E-state index in [-0.39, 0.29) is 24.1 Å². The van der Waals surface area contributed by atoms with Crippen molar-refractivity contribution in [2.45, 2.75) is 39.3 Å². The minimum absolute atomic E-state index is 0.0424. The van der Waals surface area contributed by atoms with Crippen LogP contribution in [0.15, 0.2) is 23.3 Å². The Labute approximate surface area is 145 Å². The summed E-state index contributed by atoms with van der Waals surface area (Å²) in [4.78, 5) is 32.3. The Hall–Kier alpha value is -2.48. The normalized spacial score (nSPS) is 17.7. The quantitative estimate of drug-likeness (QED) is 0.849. The molecular weight excluding hydrogens is 322 g/mol. The summed E-state index contributed by atoms with van der Waals surface area (Å²) in [6, 6.07) is 3.46. The molecule has 2 aromatic rings. The lowest BCUT2D eigenvalue weighted by Gasteiger charge is -2.33. The molecular formula is C17H23N5O3. The number of aromatic amines is 1. The molecule has 1 aliphatic rings. The lowest BCUT2D eigenvalue weighted by atomic mass is 10.1. The second-order valence-electron chi connectivity index (χ2n) is 6.36. The van der Waals surface area contributed by atoms with Gasteiger partial charge >= 0.3 is 0 Å². The third kappa shape index (κ3) is 4.54. The molecule has 1 fully saturated rings. The number of aromatic nitrogens is 4. The van der Waals surface area contributed by atoms with E-state index in [9.17, 15) is 9.59 Å². The molecule has 3 heterocycles. The van der Waals surface area contributed by atoms with Crippen LogP contribution in [0.25, 0.3) is 0 Å².